The summed E-state index contributed by atoms with van der Waals surface area (Å²) in [4.78, 5) is 19.0. The van der Waals surface area contributed by atoms with Crippen molar-refractivity contribution in [3.63, 3.8) is 0 Å². The number of rotatable bonds is 5. The first-order valence-corrected chi connectivity index (χ1v) is 7.99. The summed E-state index contributed by atoms with van der Waals surface area (Å²) in [5.74, 6) is 1.11. The Balaban J connectivity index is 1.83. The summed E-state index contributed by atoms with van der Waals surface area (Å²) in [6.07, 6.45) is 1.73. The van der Waals surface area contributed by atoms with E-state index in [2.05, 4.69) is 15.5 Å². The van der Waals surface area contributed by atoms with Crippen molar-refractivity contribution in [3.8, 4) is 11.3 Å². The Morgan fingerprint density at radius 2 is 1.92 bits per heavy atom. The van der Waals surface area contributed by atoms with Crippen LogP contribution < -0.4 is 10.2 Å². The first-order chi connectivity index (χ1) is 12.1. The molecule has 25 heavy (non-hydrogen) atoms. The predicted octanol–water partition coefficient (Wildman–Crippen LogP) is 3.04. The van der Waals surface area contributed by atoms with Crippen LogP contribution in [-0.2, 0) is 6.54 Å². The molecule has 0 atom stereocenters. The van der Waals surface area contributed by atoms with Gasteiger partial charge in [-0.05, 0) is 13.0 Å². The molecule has 0 aliphatic heterocycles. The Labute approximate surface area is 146 Å². The van der Waals surface area contributed by atoms with E-state index in [1.807, 2.05) is 61.5 Å². The molecule has 2 heterocycles. The smallest absolute Gasteiger partial charge is 0.257 e. The number of aromatic nitrogens is 2. The number of aryl methyl sites for hydroxylation is 1. The minimum absolute atomic E-state index is 0.217. The summed E-state index contributed by atoms with van der Waals surface area (Å²) in [5, 5.41) is 6.99. The van der Waals surface area contributed by atoms with Crippen LogP contribution in [0.25, 0.3) is 11.3 Å². The highest BCUT2D eigenvalue weighted by Crippen LogP contribution is 2.25. The molecule has 6 heteroatoms. The zero-order valence-corrected chi connectivity index (χ0v) is 14.5. The van der Waals surface area contributed by atoms with Crippen LogP contribution in [0, 0.1) is 6.92 Å². The lowest BCUT2D eigenvalue weighted by molar-refractivity contribution is 0.0950. The molecule has 3 rings (SSSR count). The van der Waals surface area contributed by atoms with Gasteiger partial charge in [0.25, 0.3) is 5.91 Å². The van der Waals surface area contributed by atoms with Gasteiger partial charge in [0.05, 0.1) is 0 Å². The number of nitrogens with zero attached hydrogens (tertiary/aromatic N) is 3. The van der Waals surface area contributed by atoms with Crippen molar-refractivity contribution in [2.45, 2.75) is 13.5 Å². The molecule has 0 saturated carbocycles. The lowest BCUT2D eigenvalue weighted by atomic mass is 10.1. The Kier molecular flexibility index (Phi) is 4.79. The number of carbonyl (C=O) groups is 1. The van der Waals surface area contributed by atoms with Crippen molar-refractivity contribution in [2.24, 2.45) is 0 Å². The zero-order valence-electron chi connectivity index (χ0n) is 14.5. The van der Waals surface area contributed by atoms with E-state index < -0.39 is 0 Å². The van der Waals surface area contributed by atoms with Crippen LogP contribution in [0.3, 0.4) is 0 Å². The van der Waals surface area contributed by atoms with Crippen molar-refractivity contribution in [1.82, 2.24) is 15.5 Å². The number of pyridine rings is 1. The third-order valence-corrected chi connectivity index (χ3v) is 3.87. The molecule has 6 nitrogen and oxygen atoms in total. The van der Waals surface area contributed by atoms with Crippen LogP contribution in [0.4, 0.5) is 5.82 Å². The lowest BCUT2D eigenvalue weighted by Gasteiger charge is -2.16. The average Bonchev–Trinajstić information content (AvgIpc) is 3.02. The van der Waals surface area contributed by atoms with Crippen LogP contribution in [0.15, 0.2) is 53.2 Å². The fourth-order valence-electron chi connectivity index (χ4n) is 2.67. The molecule has 1 aromatic carbocycles. The molecule has 0 aliphatic carbocycles. The average molecular weight is 336 g/mol. The summed E-state index contributed by atoms with van der Waals surface area (Å²) < 4.78 is 5.25. The number of carbonyl (C=O) groups excluding carboxylic acids is 1. The number of anilines is 1. The monoisotopic (exact) mass is 336 g/mol. The number of benzene rings is 1. The molecular formula is C19H20N4O2. The first kappa shape index (κ1) is 16.7. The van der Waals surface area contributed by atoms with Gasteiger partial charge in [0.2, 0.25) is 0 Å². The van der Waals surface area contributed by atoms with E-state index in [-0.39, 0.29) is 5.91 Å². The van der Waals surface area contributed by atoms with Crippen molar-refractivity contribution < 1.29 is 9.32 Å². The second-order valence-corrected chi connectivity index (χ2v) is 5.89. The van der Waals surface area contributed by atoms with Gasteiger partial charge in [-0.2, -0.15) is 0 Å². The largest absolute Gasteiger partial charge is 0.362 e. The van der Waals surface area contributed by atoms with Crippen LogP contribution in [0.1, 0.15) is 21.7 Å². The molecule has 0 unspecified atom stereocenters. The van der Waals surface area contributed by atoms with Crippen molar-refractivity contribution >= 4 is 11.7 Å². The van der Waals surface area contributed by atoms with Gasteiger partial charge in [-0.15, -0.1) is 0 Å². The molecule has 0 fully saturated rings. The van der Waals surface area contributed by atoms with Gasteiger partial charge < -0.3 is 14.7 Å². The van der Waals surface area contributed by atoms with Gasteiger partial charge in [0.1, 0.15) is 22.8 Å². The molecule has 0 bridgehead atoms. The van der Waals surface area contributed by atoms with Gasteiger partial charge in [-0.1, -0.05) is 41.6 Å². The van der Waals surface area contributed by atoms with Gasteiger partial charge >= 0.3 is 0 Å². The quantitative estimate of drug-likeness (QED) is 0.775. The minimum Gasteiger partial charge on any atom is -0.362 e. The second kappa shape index (κ2) is 7.17. The Bertz CT molecular complexity index is 872. The fraction of sp³-hybridized carbons (Fsp3) is 0.211. The maximum absolute atomic E-state index is 12.7. The van der Waals surface area contributed by atoms with E-state index in [1.165, 1.54) is 0 Å². The van der Waals surface area contributed by atoms with Gasteiger partial charge in [0.15, 0.2) is 0 Å². The third-order valence-electron chi connectivity index (χ3n) is 3.87. The van der Waals surface area contributed by atoms with Crippen LogP contribution in [-0.4, -0.2) is 30.1 Å². The van der Waals surface area contributed by atoms with E-state index in [0.717, 1.165) is 16.9 Å². The molecule has 1 N–H and O–H groups in total. The van der Waals surface area contributed by atoms with E-state index in [0.29, 0.717) is 23.6 Å². The summed E-state index contributed by atoms with van der Waals surface area (Å²) in [6, 6.07) is 13.3. The Morgan fingerprint density at radius 1 is 1.16 bits per heavy atom. The van der Waals surface area contributed by atoms with Gasteiger partial charge in [0, 0.05) is 38.0 Å². The van der Waals surface area contributed by atoms with E-state index in [4.69, 9.17) is 4.52 Å². The van der Waals surface area contributed by atoms with Gasteiger partial charge in [-0.3, -0.25) is 4.79 Å². The standard InChI is InChI=1S/C19H20N4O2/c1-13-16(17(22-25-13)14-8-5-4-6-9-14)19(24)21-12-15-10-7-11-20-18(15)23(2)3/h4-11H,12H2,1-3H3,(H,21,24). The number of hydrogen-bond donors (Lipinski definition) is 1. The van der Waals surface area contributed by atoms with Crippen molar-refractivity contribution in [3.05, 3.63) is 65.5 Å². The molecule has 0 radical (unpaired) electrons. The van der Waals surface area contributed by atoms with Crippen LogP contribution in [0.2, 0.25) is 0 Å². The number of nitrogens with one attached hydrogen (secondary N) is 1. The van der Waals surface area contributed by atoms with Crippen molar-refractivity contribution in [2.75, 3.05) is 19.0 Å². The second-order valence-electron chi connectivity index (χ2n) is 5.89. The van der Waals surface area contributed by atoms with E-state index in [1.54, 1.807) is 13.1 Å². The first-order valence-electron chi connectivity index (χ1n) is 7.99. The Hall–Kier alpha value is -3.15. The third kappa shape index (κ3) is 3.52. The molecule has 0 aliphatic rings. The Morgan fingerprint density at radius 3 is 2.64 bits per heavy atom. The van der Waals surface area contributed by atoms with Gasteiger partial charge in [-0.25, -0.2) is 4.98 Å². The summed E-state index contributed by atoms with van der Waals surface area (Å²) in [7, 11) is 3.84. The summed E-state index contributed by atoms with van der Waals surface area (Å²) >= 11 is 0. The molecule has 128 valence electrons. The highest BCUT2D eigenvalue weighted by molar-refractivity contribution is 6.00. The maximum Gasteiger partial charge on any atom is 0.257 e. The van der Waals surface area contributed by atoms with E-state index >= 15 is 0 Å². The molecule has 0 saturated heterocycles. The molecule has 3 aromatic rings. The molecular weight excluding hydrogens is 316 g/mol. The lowest BCUT2D eigenvalue weighted by Crippen LogP contribution is -2.25. The summed E-state index contributed by atoms with van der Waals surface area (Å²) in [6.45, 7) is 2.11. The highest BCUT2D eigenvalue weighted by atomic mass is 16.5. The van der Waals surface area contributed by atoms with Crippen LogP contribution >= 0.6 is 0 Å². The number of hydrogen-bond acceptors (Lipinski definition) is 5. The van der Waals surface area contributed by atoms with Crippen molar-refractivity contribution in [1.29, 1.82) is 0 Å². The topological polar surface area (TPSA) is 71.3 Å². The normalized spacial score (nSPS) is 10.5. The molecule has 2 aromatic heterocycles. The molecule has 1 amide bonds. The number of amides is 1. The highest BCUT2D eigenvalue weighted by Gasteiger charge is 2.21. The van der Waals surface area contributed by atoms with Crippen LogP contribution in [0.5, 0.6) is 0 Å². The SMILES string of the molecule is Cc1onc(-c2ccccc2)c1C(=O)NCc1cccnc1N(C)C. The maximum atomic E-state index is 12.7. The molecule has 0 spiro atoms. The minimum atomic E-state index is -0.217. The zero-order chi connectivity index (χ0) is 17.8. The summed E-state index contributed by atoms with van der Waals surface area (Å²) in [5.41, 5.74) is 2.80. The predicted molar refractivity (Wildman–Crippen MR) is 96.4 cm³/mol. The van der Waals surface area contributed by atoms with E-state index in [9.17, 15) is 4.79 Å². The fourth-order valence-corrected chi connectivity index (χ4v) is 2.67.